The Kier molecular flexibility index (Phi) is 2.88. The Balaban J connectivity index is 1.78. The van der Waals surface area contributed by atoms with Gasteiger partial charge in [-0.3, -0.25) is 5.32 Å². The zero-order valence-corrected chi connectivity index (χ0v) is 10.4. The first kappa shape index (κ1) is 11.5. The maximum atomic E-state index is 9.67. The van der Waals surface area contributed by atoms with E-state index in [-0.39, 0.29) is 12.1 Å². The van der Waals surface area contributed by atoms with Crippen molar-refractivity contribution in [1.82, 2.24) is 5.32 Å². The summed E-state index contributed by atoms with van der Waals surface area (Å²) in [5.74, 6) is 2.95. The molecule has 0 aromatic heterocycles. The zero-order chi connectivity index (χ0) is 11.9. The topological polar surface area (TPSA) is 56.0 Å². The minimum absolute atomic E-state index is 0.217. The number of rotatable bonds is 4. The van der Waals surface area contributed by atoms with Crippen molar-refractivity contribution < 1.29 is 5.11 Å². The molecule has 0 aliphatic heterocycles. The van der Waals surface area contributed by atoms with Crippen LogP contribution in [0.15, 0.2) is 0 Å². The first-order chi connectivity index (χ1) is 8.28. The lowest BCUT2D eigenvalue weighted by molar-refractivity contribution is -0.0467. The third kappa shape index (κ3) is 1.70. The number of aliphatic hydroxyl groups excluding tert-OH is 1. The second-order valence-electron chi connectivity index (χ2n) is 6.29. The highest BCUT2D eigenvalue weighted by Gasteiger charge is 2.57. The molecule has 4 rings (SSSR count). The summed E-state index contributed by atoms with van der Waals surface area (Å²) in [5.41, 5.74) is -0.261. The number of nitrogens with one attached hydrogen (secondary N) is 1. The van der Waals surface area contributed by atoms with Crippen LogP contribution in [0.2, 0.25) is 0 Å². The molecule has 17 heavy (non-hydrogen) atoms. The molecule has 0 atom stereocenters. The molecule has 4 aliphatic rings. The van der Waals surface area contributed by atoms with E-state index in [1.165, 1.54) is 32.1 Å². The summed E-state index contributed by atoms with van der Waals surface area (Å²) in [6, 6.07) is 2.63. The van der Waals surface area contributed by atoms with Crippen molar-refractivity contribution in [2.75, 3.05) is 13.2 Å². The van der Waals surface area contributed by atoms with Gasteiger partial charge in [0.15, 0.2) is 0 Å². The molecule has 4 fully saturated rings. The smallest absolute Gasteiger partial charge is 0.112 e. The fraction of sp³-hybridized carbons (Fsp3) is 0.929. The Morgan fingerprint density at radius 3 is 2.18 bits per heavy atom. The Bertz CT molecular complexity index is 306. The normalized spacial score (nSPS) is 47.1. The largest absolute Gasteiger partial charge is 0.396 e. The lowest BCUT2D eigenvalue weighted by atomic mass is 9.49. The van der Waals surface area contributed by atoms with E-state index in [1.54, 1.807) is 0 Å². The van der Waals surface area contributed by atoms with E-state index in [1.807, 2.05) is 0 Å². The van der Waals surface area contributed by atoms with Gasteiger partial charge in [0.05, 0.1) is 6.07 Å². The number of nitrogens with zero attached hydrogens (tertiary/aromatic N) is 1. The average Bonchev–Trinajstić information content (AvgIpc) is 2.32. The summed E-state index contributed by atoms with van der Waals surface area (Å²) >= 11 is 0. The molecule has 0 aromatic carbocycles. The molecule has 0 radical (unpaired) electrons. The van der Waals surface area contributed by atoms with Gasteiger partial charge in [-0.1, -0.05) is 0 Å². The quantitative estimate of drug-likeness (QED) is 0.728. The maximum absolute atomic E-state index is 9.67. The van der Waals surface area contributed by atoms with Crippen LogP contribution in [0, 0.1) is 35.0 Å². The van der Waals surface area contributed by atoms with Gasteiger partial charge in [-0.15, -0.1) is 0 Å². The second kappa shape index (κ2) is 4.26. The van der Waals surface area contributed by atoms with Gasteiger partial charge in [-0.2, -0.15) is 5.26 Å². The molecule has 0 heterocycles. The number of aliphatic hydroxyl groups is 1. The number of nitriles is 1. The molecule has 0 aromatic rings. The van der Waals surface area contributed by atoms with E-state index >= 15 is 0 Å². The molecule has 3 nitrogen and oxygen atoms in total. The van der Waals surface area contributed by atoms with Crippen LogP contribution in [-0.4, -0.2) is 23.8 Å². The highest BCUT2D eigenvalue weighted by atomic mass is 16.3. The maximum Gasteiger partial charge on any atom is 0.112 e. The monoisotopic (exact) mass is 234 g/mol. The summed E-state index contributed by atoms with van der Waals surface area (Å²) in [6.07, 6.45) is 7.21. The van der Waals surface area contributed by atoms with Crippen LogP contribution in [0.25, 0.3) is 0 Å². The molecular weight excluding hydrogens is 212 g/mol. The summed E-state index contributed by atoms with van der Waals surface area (Å²) in [4.78, 5) is 0. The molecule has 0 saturated heterocycles. The number of hydrogen-bond donors (Lipinski definition) is 2. The van der Waals surface area contributed by atoms with Crippen LogP contribution >= 0.6 is 0 Å². The third-order valence-electron chi connectivity index (χ3n) is 5.36. The molecule has 4 bridgehead atoms. The Hall–Kier alpha value is -0.590. The molecule has 3 heteroatoms. The van der Waals surface area contributed by atoms with Crippen molar-refractivity contribution in [3.63, 3.8) is 0 Å². The Morgan fingerprint density at radius 1 is 1.12 bits per heavy atom. The van der Waals surface area contributed by atoms with E-state index in [4.69, 9.17) is 5.11 Å². The minimum atomic E-state index is -0.261. The van der Waals surface area contributed by atoms with Gasteiger partial charge in [0.2, 0.25) is 0 Å². The first-order valence-electron chi connectivity index (χ1n) is 7.05. The van der Waals surface area contributed by atoms with Crippen molar-refractivity contribution in [2.45, 2.75) is 44.1 Å². The van der Waals surface area contributed by atoms with E-state index in [0.717, 1.165) is 24.8 Å². The minimum Gasteiger partial charge on any atom is -0.396 e. The Morgan fingerprint density at radius 2 is 1.71 bits per heavy atom. The van der Waals surface area contributed by atoms with Gasteiger partial charge in [-0.05, 0) is 68.7 Å². The van der Waals surface area contributed by atoms with E-state index in [9.17, 15) is 5.26 Å². The van der Waals surface area contributed by atoms with E-state index < -0.39 is 0 Å². The van der Waals surface area contributed by atoms with Crippen molar-refractivity contribution in [2.24, 2.45) is 23.7 Å². The highest BCUT2D eigenvalue weighted by Crippen LogP contribution is 2.58. The van der Waals surface area contributed by atoms with Crippen molar-refractivity contribution >= 4 is 0 Å². The average molecular weight is 234 g/mol. The van der Waals surface area contributed by atoms with Crippen LogP contribution < -0.4 is 5.32 Å². The molecule has 2 N–H and O–H groups in total. The summed E-state index contributed by atoms with van der Waals surface area (Å²) in [7, 11) is 0. The van der Waals surface area contributed by atoms with Crippen molar-refractivity contribution in [3.8, 4) is 6.07 Å². The molecule has 0 unspecified atom stereocenters. The molecule has 0 spiro atoms. The molecule has 0 amide bonds. The molecule has 4 saturated carbocycles. The SMILES string of the molecule is N#CC1(NCCCO)C2CC3CC(C2)CC1C3. The fourth-order valence-corrected chi connectivity index (χ4v) is 4.81. The van der Waals surface area contributed by atoms with Gasteiger partial charge in [0.1, 0.15) is 5.54 Å². The van der Waals surface area contributed by atoms with Crippen LogP contribution in [-0.2, 0) is 0 Å². The van der Waals surface area contributed by atoms with Crippen molar-refractivity contribution in [3.05, 3.63) is 0 Å². The summed E-state index contributed by atoms with van der Waals surface area (Å²) in [5, 5.41) is 22.1. The van der Waals surface area contributed by atoms with Crippen LogP contribution in [0.1, 0.15) is 38.5 Å². The fourth-order valence-electron chi connectivity index (χ4n) is 4.81. The van der Waals surface area contributed by atoms with Crippen LogP contribution in [0.4, 0.5) is 0 Å². The third-order valence-corrected chi connectivity index (χ3v) is 5.36. The Labute approximate surface area is 103 Å². The van der Waals surface area contributed by atoms with Gasteiger partial charge < -0.3 is 5.11 Å². The van der Waals surface area contributed by atoms with Crippen LogP contribution in [0.3, 0.4) is 0 Å². The molecule has 94 valence electrons. The number of hydrogen-bond acceptors (Lipinski definition) is 3. The van der Waals surface area contributed by atoms with Gasteiger partial charge in [0.25, 0.3) is 0 Å². The lowest BCUT2D eigenvalue weighted by Crippen LogP contribution is -2.64. The van der Waals surface area contributed by atoms with Gasteiger partial charge >= 0.3 is 0 Å². The van der Waals surface area contributed by atoms with Gasteiger partial charge in [0, 0.05) is 6.61 Å². The van der Waals surface area contributed by atoms with E-state index in [0.29, 0.717) is 11.8 Å². The summed E-state index contributed by atoms with van der Waals surface area (Å²) < 4.78 is 0. The standard InChI is InChI=1S/C14H22N2O/c15-9-14(16-2-1-3-17)12-5-10-4-11(7-12)8-13(14)6-10/h10-13,16-17H,1-8H2. The van der Waals surface area contributed by atoms with Crippen LogP contribution in [0.5, 0.6) is 0 Å². The molecular formula is C14H22N2O. The van der Waals surface area contributed by atoms with Crippen molar-refractivity contribution in [1.29, 1.82) is 5.26 Å². The second-order valence-corrected chi connectivity index (χ2v) is 6.29. The lowest BCUT2D eigenvalue weighted by Gasteiger charge is -2.58. The highest BCUT2D eigenvalue weighted by molar-refractivity contribution is 5.21. The van der Waals surface area contributed by atoms with Gasteiger partial charge in [-0.25, -0.2) is 0 Å². The zero-order valence-electron chi connectivity index (χ0n) is 10.4. The first-order valence-corrected chi connectivity index (χ1v) is 7.05. The molecule has 4 aliphatic carbocycles. The van der Waals surface area contributed by atoms with E-state index in [2.05, 4.69) is 11.4 Å². The predicted octanol–water partition coefficient (Wildman–Crippen LogP) is 1.68. The predicted molar refractivity (Wildman–Crippen MR) is 65.1 cm³/mol. The summed E-state index contributed by atoms with van der Waals surface area (Å²) in [6.45, 7) is 1.00.